The van der Waals surface area contributed by atoms with Crippen molar-refractivity contribution >= 4 is 11.7 Å². The van der Waals surface area contributed by atoms with Crippen molar-refractivity contribution in [1.29, 1.82) is 0 Å². The maximum absolute atomic E-state index is 5.45. The zero-order valence-corrected chi connectivity index (χ0v) is 18.5. The zero-order valence-electron chi connectivity index (χ0n) is 13.6. The van der Waals surface area contributed by atoms with E-state index in [4.69, 9.17) is 9.16 Å². The molecule has 2 nitrogen and oxygen atoms in total. The van der Waals surface area contributed by atoms with Crippen molar-refractivity contribution in [3.8, 4) is 0 Å². The predicted molar refractivity (Wildman–Crippen MR) is 85.1 cm³/mol. The van der Waals surface area contributed by atoms with Crippen molar-refractivity contribution in [1.82, 2.24) is 0 Å². The average molecular weight is 439 g/mol. The summed E-state index contributed by atoms with van der Waals surface area (Å²) >= 11 is 1.33. The molecule has 0 bridgehead atoms. The van der Waals surface area contributed by atoms with Gasteiger partial charge in [-0.15, -0.1) is 0 Å². The van der Waals surface area contributed by atoms with Crippen molar-refractivity contribution in [2.24, 2.45) is 0 Å². The molecule has 0 heterocycles. The molecule has 0 saturated heterocycles. The molecule has 0 N–H and O–H groups in total. The van der Waals surface area contributed by atoms with Gasteiger partial charge in [-0.3, -0.25) is 0 Å². The van der Waals surface area contributed by atoms with Crippen LogP contribution in [-0.4, -0.2) is 18.5 Å². The van der Waals surface area contributed by atoms with Gasteiger partial charge in [0.15, 0.2) is 0 Å². The third-order valence-corrected chi connectivity index (χ3v) is 3.22. The van der Waals surface area contributed by atoms with E-state index in [0.29, 0.717) is 6.79 Å². The van der Waals surface area contributed by atoms with Crippen LogP contribution < -0.4 is 24.8 Å². The summed E-state index contributed by atoms with van der Waals surface area (Å²) < 4.78 is 11.7. The number of halogens is 2. The maximum Gasteiger partial charge on any atom is -0.172 e. The third-order valence-electron chi connectivity index (χ3n) is 1.88. The van der Waals surface area contributed by atoms with Crippen LogP contribution >= 0.6 is 0 Å². The van der Waals surface area contributed by atoms with Crippen LogP contribution in [0.1, 0.15) is 6.92 Å². The molecule has 0 aliphatic carbocycles. The van der Waals surface area contributed by atoms with Crippen molar-refractivity contribution in [3.63, 3.8) is 0 Å². The summed E-state index contributed by atoms with van der Waals surface area (Å²) in [5, 5.41) is 0. The molecule has 2 aromatic carbocycles. The second-order valence-corrected chi connectivity index (χ2v) is 11.2. The molecule has 2 rings (SSSR count). The van der Waals surface area contributed by atoms with Gasteiger partial charge in [-0.1, -0.05) is 0 Å². The number of hydrogen-bond donors (Lipinski definition) is 0. The van der Waals surface area contributed by atoms with E-state index in [1.807, 2.05) is 67.6 Å². The molecule has 0 atom stereocenters. The largest absolute Gasteiger partial charge is 1.00 e. The molecule has 6 heteroatoms. The summed E-state index contributed by atoms with van der Waals surface area (Å²) in [5.74, 6) is 0. The van der Waals surface area contributed by atoms with E-state index in [1.54, 1.807) is 0 Å². The average Bonchev–Trinajstić information content (AvgIpc) is 3.07. The number of ether oxygens (including phenoxy) is 1. The van der Waals surface area contributed by atoms with E-state index in [2.05, 4.69) is 19.6 Å². The van der Waals surface area contributed by atoms with E-state index in [9.17, 15) is 0 Å². The second-order valence-electron chi connectivity index (χ2n) is 5.00. The van der Waals surface area contributed by atoms with Gasteiger partial charge < -0.3 is 24.8 Å². The van der Waals surface area contributed by atoms with Crippen LogP contribution in [0.15, 0.2) is 60.7 Å². The topological polar surface area (TPSA) is 18.5 Å². The molecule has 0 unspecified atom stereocenters. The monoisotopic (exact) mass is 436 g/mol. The smallest absolute Gasteiger partial charge is 0.172 e. The van der Waals surface area contributed by atoms with Gasteiger partial charge in [0.1, 0.15) is 0 Å². The third kappa shape index (κ3) is 25.1. The van der Waals surface area contributed by atoms with Gasteiger partial charge in [-0.25, -0.2) is 24.3 Å². The zero-order chi connectivity index (χ0) is 15.3. The first-order chi connectivity index (χ1) is 9.42. The van der Waals surface area contributed by atoms with E-state index in [1.165, 1.54) is 24.2 Å². The molecule has 0 aliphatic rings. The van der Waals surface area contributed by atoms with Gasteiger partial charge >= 0.3 is 78.5 Å². The Balaban J connectivity index is -0.000000254. The molecular formula is C16H24Cl2O2SiZr-2. The van der Waals surface area contributed by atoms with Gasteiger partial charge in [0.2, 0.25) is 0 Å². The summed E-state index contributed by atoms with van der Waals surface area (Å²) in [7, 11) is -1.35. The summed E-state index contributed by atoms with van der Waals surface area (Å²) in [4.78, 5) is 0. The van der Waals surface area contributed by atoms with Crippen molar-refractivity contribution < 1.29 is 58.2 Å². The molecule has 0 amide bonds. The fourth-order valence-corrected chi connectivity index (χ4v) is 1.49. The minimum absolute atomic E-state index is 0. The molecule has 0 spiro atoms. The van der Waals surface area contributed by atoms with Gasteiger partial charge in [0.25, 0.3) is 0 Å². The Morgan fingerprint density at radius 2 is 1.27 bits per heavy atom. The molecular weight excluding hydrogens is 414 g/mol. The fourth-order valence-electron chi connectivity index (χ4n) is 0.936. The first kappa shape index (κ1) is 27.0. The van der Waals surface area contributed by atoms with E-state index < -0.39 is 8.32 Å². The second kappa shape index (κ2) is 17.5. The van der Waals surface area contributed by atoms with Crippen LogP contribution in [0.5, 0.6) is 0 Å². The molecule has 0 radical (unpaired) electrons. The maximum atomic E-state index is 5.45. The van der Waals surface area contributed by atoms with Crippen LogP contribution in [0.25, 0.3) is 0 Å². The summed E-state index contributed by atoms with van der Waals surface area (Å²) in [6, 6.07) is 20.0. The molecule has 124 valence electrons. The molecule has 2 aromatic rings. The van der Waals surface area contributed by atoms with Gasteiger partial charge in [0, 0.05) is 0 Å². The summed E-state index contributed by atoms with van der Waals surface area (Å²) in [5.41, 5.74) is 0. The van der Waals surface area contributed by atoms with Crippen LogP contribution in [0.4, 0.5) is 0 Å². The quantitative estimate of drug-likeness (QED) is 0.323. The standard InChI is InChI=1S/C6H14O2Si.2C5H5.2ClH.Zr/c1-5-7-6-8-9(2,3)4;2*1-2-4-5-3-1;;;/h6H2,1-4H3;2*1-5H;2*1H;/q;2*-1;;;+2/p-2. The number of rotatable bonds is 4. The molecule has 0 aliphatic heterocycles. The molecule has 0 fully saturated rings. The van der Waals surface area contributed by atoms with Gasteiger partial charge in [-0.2, -0.15) is 36.4 Å². The van der Waals surface area contributed by atoms with Crippen LogP contribution in [-0.2, 0) is 33.4 Å². The normalized spacial score (nSPS) is 9.00. The molecule has 0 aromatic heterocycles. The van der Waals surface area contributed by atoms with Crippen LogP contribution in [0, 0.1) is 0 Å². The Morgan fingerprint density at radius 1 is 0.909 bits per heavy atom. The van der Waals surface area contributed by atoms with Crippen molar-refractivity contribution in [2.45, 2.75) is 26.6 Å². The van der Waals surface area contributed by atoms with Crippen LogP contribution in [0.3, 0.4) is 0 Å². The first-order valence-electron chi connectivity index (χ1n) is 6.57. The SMILES string of the molecule is C[C](=[Zr+2])OCO[Si](C)(C)C.[Cl-].[Cl-].c1cc[cH-]c1.c1cc[cH-]c1. The summed E-state index contributed by atoms with van der Waals surface area (Å²) in [6.45, 7) is 8.84. The van der Waals surface area contributed by atoms with E-state index in [-0.39, 0.29) is 24.8 Å². The van der Waals surface area contributed by atoms with Crippen molar-refractivity contribution in [3.05, 3.63) is 60.7 Å². The van der Waals surface area contributed by atoms with Gasteiger partial charge in [-0.05, 0) is 0 Å². The Bertz CT molecular complexity index is 351. The predicted octanol–water partition coefficient (Wildman–Crippen LogP) is -1.67. The number of hydrogen-bond acceptors (Lipinski definition) is 2. The minimum atomic E-state index is -1.35. The summed E-state index contributed by atoms with van der Waals surface area (Å²) in [6.07, 6.45) is 0. The fraction of sp³-hybridized carbons (Fsp3) is 0.312. The van der Waals surface area contributed by atoms with E-state index in [0.717, 1.165) is 3.39 Å². The Kier molecular flexibility index (Phi) is 21.5. The molecule has 22 heavy (non-hydrogen) atoms. The Hall–Kier alpha value is 0.170. The van der Waals surface area contributed by atoms with Crippen LogP contribution in [0.2, 0.25) is 19.6 Å². The first-order valence-corrected chi connectivity index (χ1v) is 11.2. The Morgan fingerprint density at radius 3 is 1.45 bits per heavy atom. The van der Waals surface area contributed by atoms with Crippen molar-refractivity contribution in [2.75, 3.05) is 6.79 Å². The Labute approximate surface area is 163 Å². The minimum Gasteiger partial charge on any atom is -1.00 e. The molecule has 0 saturated carbocycles. The van der Waals surface area contributed by atoms with Gasteiger partial charge in [0.05, 0.1) is 0 Å². The van der Waals surface area contributed by atoms with E-state index >= 15 is 0 Å².